The monoisotopic (exact) mass is 626 g/mol. The van der Waals surface area contributed by atoms with Gasteiger partial charge in [-0.15, -0.1) is 5.10 Å². The van der Waals surface area contributed by atoms with E-state index < -0.39 is 6.04 Å². The van der Waals surface area contributed by atoms with Crippen molar-refractivity contribution >= 4 is 22.8 Å². The highest BCUT2D eigenvalue weighted by molar-refractivity contribution is 5.88. The molecule has 5 heterocycles. The number of rotatable bonds is 7. The Morgan fingerprint density at radius 2 is 1.61 bits per heavy atom. The van der Waals surface area contributed by atoms with Gasteiger partial charge in [0.05, 0.1) is 17.8 Å². The summed E-state index contributed by atoms with van der Waals surface area (Å²) in [6.45, 7) is 6.44. The third-order valence-corrected chi connectivity index (χ3v) is 9.77. The van der Waals surface area contributed by atoms with E-state index in [1.807, 2.05) is 53.4 Å². The van der Waals surface area contributed by atoms with Gasteiger partial charge in [0, 0.05) is 75.8 Å². The minimum Gasteiger partial charge on any atom is -0.341 e. The summed E-state index contributed by atoms with van der Waals surface area (Å²) in [6.07, 6.45) is 5.25. The maximum atomic E-state index is 14.0. The first-order valence-corrected chi connectivity index (χ1v) is 16.5. The number of carbonyl (C=O) groups excluding carboxylic acids is 2. The maximum Gasteiger partial charge on any atom is 0.343 e. The topological polar surface area (TPSA) is 147 Å². The van der Waals surface area contributed by atoms with Crippen LogP contribution in [0, 0.1) is 0 Å². The Morgan fingerprint density at radius 1 is 0.891 bits per heavy atom. The van der Waals surface area contributed by atoms with E-state index in [4.69, 9.17) is 0 Å². The highest BCUT2D eigenvalue weighted by atomic mass is 16.2. The Kier molecular flexibility index (Phi) is 8.84. The fraction of sp³-hybridized carbons (Fsp3) is 0.485. The summed E-state index contributed by atoms with van der Waals surface area (Å²) in [5.74, 6) is 0.503. The quantitative estimate of drug-likeness (QED) is 0.245. The van der Waals surface area contributed by atoms with Gasteiger partial charge in [-0.05, 0) is 43.4 Å². The van der Waals surface area contributed by atoms with Crippen molar-refractivity contribution in [3.05, 3.63) is 70.8 Å². The van der Waals surface area contributed by atoms with E-state index in [0.717, 1.165) is 61.1 Å². The Labute approximate surface area is 267 Å². The normalized spacial score (nSPS) is 19.4. The number of H-pyrrole nitrogens is 2. The Morgan fingerprint density at radius 3 is 2.37 bits per heavy atom. The number of nitrogens with one attached hydrogen (secondary N) is 4. The molecule has 4 aromatic rings. The number of likely N-dealkylation sites (tertiary alicyclic amines) is 2. The van der Waals surface area contributed by atoms with Crippen molar-refractivity contribution in [2.45, 2.75) is 50.2 Å². The number of carbonyl (C=O) groups is 2. The molecule has 2 aromatic carbocycles. The second-order valence-electron chi connectivity index (χ2n) is 12.6. The molecule has 1 atom stereocenters. The summed E-state index contributed by atoms with van der Waals surface area (Å²) in [5.41, 5.74) is 2.50. The van der Waals surface area contributed by atoms with Gasteiger partial charge in [0.1, 0.15) is 6.04 Å². The molecular formula is C33H42N10O3. The van der Waals surface area contributed by atoms with E-state index in [1.54, 1.807) is 11.1 Å². The van der Waals surface area contributed by atoms with Crippen LogP contribution < -0.4 is 16.3 Å². The first-order chi connectivity index (χ1) is 22.5. The molecule has 0 radical (unpaired) electrons. The van der Waals surface area contributed by atoms with Crippen LogP contribution in [0.15, 0.2) is 59.5 Å². The van der Waals surface area contributed by atoms with Gasteiger partial charge in [0.15, 0.2) is 5.82 Å². The van der Waals surface area contributed by atoms with Crippen LogP contribution in [0.4, 0.5) is 4.79 Å². The van der Waals surface area contributed by atoms with Crippen molar-refractivity contribution in [3.63, 3.8) is 0 Å². The summed E-state index contributed by atoms with van der Waals surface area (Å²) in [6, 6.07) is 15.0. The molecule has 0 saturated carbocycles. The molecule has 3 fully saturated rings. The molecule has 0 aliphatic carbocycles. The molecule has 3 saturated heterocycles. The number of nitrogens with zero attached hydrogens (tertiary/aromatic N) is 6. The van der Waals surface area contributed by atoms with Gasteiger partial charge in [-0.2, -0.15) is 5.10 Å². The number of fused-ring (bicyclic) bond motifs is 1. The summed E-state index contributed by atoms with van der Waals surface area (Å²) in [5, 5.41) is 19.2. The van der Waals surface area contributed by atoms with E-state index >= 15 is 0 Å². The zero-order chi connectivity index (χ0) is 31.5. The number of hydrogen-bond acceptors (Lipinski definition) is 7. The van der Waals surface area contributed by atoms with Gasteiger partial charge in [0.2, 0.25) is 5.91 Å². The molecule has 13 nitrogen and oxygen atoms in total. The average Bonchev–Trinajstić information content (AvgIpc) is 3.75. The molecule has 13 heteroatoms. The lowest BCUT2D eigenvalue weighted by Gasteiger charge is -2.41. The van der Waals surface area contributed by atoms with E-state index in [-0.39, 0.29) is 23.7 Å². The second-order valence-corrected chi connectivity index (χ2v) is 12.6. The molecule has 0 spiro atoms. The maximum absolute atomic E-state index is 14.0. The third-order valence-electron chi connectivity index (χ3n) is 9.77. The van der Waals surface area contributed by atoms with Crippen molar-refractivity contribution in [2.75, 3.05) is 52.4 Å². The smallest absolute Gasteiger partial charge is 0.341 e. The number of benzene rings is 2. The number of aromatic amines is 2. The number of urea groups is 1. The molecular weight excluding hydrogens is 584 g/mol. The van der Waals surface area contributed by atoms with Crippen LogP contribution in [-0.2, 0) is 11.2 Å². The zero-order valence-electron chi connectivity index (χ0n) is 26.0. The second kappa shape index (κ2) is 13.5. The van der Waals surface area contributed by atoms with Gasteiger partial charge in [-0.25, -0.2) is 14.3 Å². The molecule has 7 rings (SSSR count). The predicted octanol–water partition coefficient (Wildman–Crippen LogP) is 1.97. The zero-order valence-corrected chi connectivity index (χ0v) is 26.0. The molecule has 0 bridgehead atoms. The lowest BCUT2D eigenvalue weighted by molar-refractivity contribution is -0.134. The largest absolute Gasteiger partial charge is 0.343 e. The molecule has 3 aliphatic heterocycles. The number of piperidine rings is 2. The highest BCUT2D eigenvalue weighted by Crippen LogP contribution is 2.23. The Hall–Kier alpha value is -4.49. The summed E-state index contributed by atoms with van der Waals surface area (Å²) in [4.78, 5) is 49.5. The van der Waals surface area contributed by atoms with Crippen molar-refractivity contribution in [2.24, 2.45) is 0 Å². The van der Waals surface area contributed by atoms with Crippen LogP contribution in [0.3, 0.4) is 0 Å². The highest BCUT2D eigenvalue weighted by Gasteiger charge is 2.34. The first kappa shape index (κ1) is 30.2. The van der Waals surface area contributed by atoms with E-state index in [0.29, 0.717) is 57.3 Å². The van der Waals surface area contributed by atoms with Gasteiger partial charge in [-0.1, -0.05) is 36.4 Å². The molecule has 2 aromatic heterocycles. The lowest BCUT2D eigenvalue weighted by Crippen LogP contribution is -2.57. The minimum atomic E-state index is -0.687. The van der Waals surface area contributed by atoms with Crippen molar-refractivity contribution in [1.82, 2.24) is 50.3 Å². The van der Waals surface area contributed by atoms with Crippen molar-refractivity contribution in [3.8, 4) is 11.4 Å². The first-order valence-electron chi connectivity index (χ1n) is 16.5. The predicted molar refractivity (Wildman–Crippen MR) is 174 cm³/mol. The molecule has 3 aliphatic rings. The summed E-state index contributed by atoms with van der Waals surface area (Å²) >= 11 is 0. The number of amides is 3. The van der Waals surface area contributed by atoms with E-state index in [9.17, 15) is 14.4 Å². The van der Waals surface area contributed by atoms with Crippen LogP contribution in [0.1, 0.15) is 37.3 Å². The van der Waals surface area contributed by atoms with E-state index in [1.165, 1.54) is 4.68 Å². The Bertz CT molecular complexity index is 1690. The standard InChI is InChI=1S/C33H42N10O3/c44-31(41-14-8-26(9-15-41)40-18-12-34-13-19-40)29(21-23-6-7-28-25(20-23)22-35-38-28)36-32(45)42-16-10-27(11-17-42)43-33(46)37-30(39-43)24-4-2-1-3-5-24/h1-7,20,22,26-27,29,34H,8-19,21H2,(H,35,38)(H,36,45)(H,37,39,46). The number of piperazine rings is 1. The van der Waals surface area contributed by atoms with Crippen LogP contribution in [0.5, 0.6) is 0 Å². The number of hydrogen-bond donors (Lipinski definition) is 4. The fourth-order valence-electron chi connectivity index (χ4n) is 7.14. The summed E-state index contributed by atoms with van der Waals surface area (Å²) in [7, 11) is 0. The van der Waals surface area contributed by atoms with Crippen LogP contribution >= 0.6 is 0 Å². The molecule has 3 amide bonds. The van der Waals surface area contributed by atoms with Crippen LogP contribution in [-0.4, -0.2) is 116 Å². The molecule has 1 unspecified atom stereocenters. The van der Waals surface area contributed by atoms with Crippen molar-refractivity contribution in [1.29, 1.82) is 0 Å². The summed E-state index contributed by atoms with van der Waals surface area (Å²) < 4.78 is 1.51. The third kappa shape index (κ3) is 6.56. The van der Waals surface area contributed by atoms with Gasteiger partial charge >= 0.3 is 11.7 Å². The fourth-order valence-corrected chi connectivity index (χ4v) is 7.14. The van der Waals surface area contributed by atoms with Crippen molar-refractivity contribution < 1.29 is 9.59 Å². The molecule has 46 heavy (non-hydrogen) atoms. The van der Waals surface area contributed by atoms with Crippen LogP contribution in [0.2, 0.25) is 0 Å². The SMILES string of the molecule is O=C(NC(Cc1ccc2[nH]ncc2c1)C(=O)N1CCC(N2CCNCC2)CC1)N1CCC(n2nc(-c3ccccc3)[nH]c2=O)CC1. The van der Waals surface area contributed by atoms with Crippen LogP contribution in [0.25, 0.3) is 22.3 Å². The van der Waals surface area contributed by atoms with Gasteiger partial charge in [0.25, 0.3) is 0 Å². The molecule has 242 valence electrons. The minimum absolute atomic E-state index is 0.0363. The van der Waals surface area contributed by atoms with Gasteiger partial charge in [-0.3, -0.25) is 19.8 Å². The number of aromatic nitrogens is 5. The average molecular weight is 627 g/mol. The van der Waals surface area contributed by atoms with Gasteiger partial charge < -0.3 is 20.4 Å². The van der Waals surface area contributed by atoms with E-state index in [2.05, 4.69) is 35.8 Å². The lowest BCUT2D eigenvalue weighted by atomic mass is 9.99. The Balaban J connectivity index is 1.01. The molecule has 4 N–H and O–H groups in total.